The number of hydrogen-bond donors (Lipinski definition) is 0. The predicted octanol–water partition coefficient (Wildman–Crippen LogP) is 4.27. The second-order valence-electron chi connectivity index (χ2n) is 8.90. The Morgan fingerprint density at radius 1 is 1.21 bits per heavy atom. The summed E-state index contributed by atoms with van der Waals surface area (Å²) in [6.07, 6.45) is 3.20. The Morgan fingerprint density at radius 3 is 2.70 bits per heavy atom. The minimum atomic E-state index is -0.499. The molecule has 0 atom stereocenters. The molecule has 0 aliphatic carbocycles. The second kappa shape index (κ2) is 7.96. The Morgan fingerprint density at radius 2 is 1.97 bits per heavy atom. The SMILES string of the molecule is CC(C)Oc1ccc(C(=O)N2CCC3(CC2)Oc2ccccc2-c2c3cnn2C)cc1C#N. The lowest BCUT2D eigenvalue weighted by Gasteiger charge is -2.44. The van der Waals surface area contributed by atoms with Crippen LogP contribution in [0.3, 0.4) is 0 Å². The van der Waals surface area contributed by atoms with Crippen LogP contribution < -0.4 is 9.47 Å². The number of para-hydroxylation sites is 1. The van der Waals surface area contributed by atoms with Crippen molar-refractivity contribution in [1.29, 1.82) is 5.26 Å². The van der Waals surface area contributed by atoms with Crippen molar-refractivity contribution in [2.75, 3.05) is 13.1 Å². The molecule has 2 aliphatic heterocycles. The lowest BCUT2D eigenvalue weighted by molar-refractivity contribution is -0.00172. The number of hydrogen-bond acceptors (Lipinski definition) is 5. The van der Waals surface area contributed by atoms with E-state index in [1.807, 2.05) is 54.9 Å². The number of likely N-dealkylation sites (tertiary alicyclic amines) is 1. The molecule has 2 aromatic carbocycles. The van der Waals surface area contributed by atoms with Gasteiger partial charge >= 0.3 is 0 Å². The van der Waals surface area contributed by atoms with Crippen LogP contribution in [0, 0.1) is 11.3 Å². The minimum absolute atomic E-state index is 0.0464. The van der Waals surface area contributed by atoms with Gasteiger partial charge in [-0.2, -0.15) is 10.4 Å². The van der Waals surface area contributed by atoms with Crippen molar-refractivity contribution in [3.05, 3.63) is 65.4 Å². The lowest BCUT2D eigenvalue weighted by Crippen LogP contribution is -2.49. The molecule has 1 fully saturated rings. The average Bonchev–Trinajstić information content (AvgIpc) is 3.22. The number of rotatable bonds is 3. The summed E-state index contributed by atoms with van der Waals surface area (Å²) in [5, 5.41) is 14.0. The molecular weight excluding hydrogens is 416 g/mol. The highest BCUT2D eigenvalue weighted by atomic mass is 16.5. The smallest absolute Gasteiger partial charge is 0.253 e. The summed E-state index contributed by atoms with van der Waals surface area (Å²) < 4.78 is 14.2. The molecule has 0 radical (unpaired) electrons. The standard InChI is InChI=1S/C26H26N4O3/c1-17(2)32-22-9-8-18(14-19(22)15-27)25(31)30-12-10-26(11-13-30)21-16-28-29(3)24(21)20-6-4-5-7-23(20)33-26/h4-9,14,16-17H,10-13H2,1-3H3. The summed E-state index contributed by atoms with van der Waals surface area (Å²) in [7, 11) is 1.95. The minimum Gasteiger partial charge on any atom is -0.490 e. The Hall–Kier alpha value is -3.79. The number of nitriles is 1. The maximum atomic E-state index is 13.2. The Kier molecular flexibility index (Phi) is 5.09. The van der Waals surface area contributed by atoms with E-state index in [0.29, 0.717) is 42.8 Å². The molecule has 1 aromatic heterocycles. The molecular formula is C26H26N4O3. The highest BCUT2D eigenvalue weighted by molar-refractivity contribution is 5.95. The first-order valence-electron chi connectivity index (χ1n) is 11.2. The van der Waals surface area contributed by atoms with Gasteiger partial charge in [0.05, 0.1) is 23.6 Å². The maximum absolute atomic E-state index is 13.2. The summed E-state index contributed by atoms with van der Waals surface area (Å²) in [5.74, 6) is 1.27. The average molecular weight is 443 g/mol. The molecule has 0 unspecified atom stereocenters. The van der Waals surface area contributed by atoms with E-state index in [1.165, 1.54) is 0 Å². The van der Waals surface area contributed by atoms with Gasteiger partial charge in [-0.3, -0.25) is 9.48 Å². The summed E-state index contributed by atoms with van der Waals surface area (Å²) in [5.41, 5.74) is 3.57. The number of nitrogens with zero attached hydrogens (tertiary/aromatic N) is 4. The van der Waals surface area contributed by atoms with Gasteiger partial charge in [0.25, 0.3) is 5.91 Å². The van der Waals surface area contributed by atoms with Crippen molar-refractivity contribution < 1.29 is 14.3 Å². The third kappa shape index (κ3) is 3.52. The largest absolute Gasteiger partial charge is 0.490 e. The molecule has 7 nitrogen and oxygen atoms in total. The van der Waals surface area contributed by atoms with Crippen LogP contribution in [0.1, 0.15) is 48.2 Å². The zero-order valence-corrected chi connectivity index (χ0v) is 19.0. The van der Waals surface area contributed by atoms with Gasteiger partial charge in [0.1, 0.15) is 23.2 Å². The van der Waals surface area contributed by atoms with Gasteiger partial charge in [-0.15, -0.1) is 0 Å². The van der Waals surface area contributed by atoms with E-state index in [0.717, 1.165) is 22.6 Å². The molecule has 1 saturated heterocycles. The zero-order valence-electron chi connectivity index (χ0n) is 19.0. The fourth-order valence-corrected chi connectivity index (χ4v) is 4.84. The second-order valence-corrected chi connectivity index (χ2v) is 8.90. The number of aryl methyl sites for hydroxylation is 1. The van der Waals surface area contributed by atoms with Gasteiger partial charge in [0, 0.05) is 49.7 Å². The molecule has 2 aliphatic rings. The highest BCUT2D eigenvalue weighted by Crippen LogP contribution is 2.49. The van der Waals surface area contributed by atoms with Gasteiger partial charge in [0.15, 0.2) is 0 Å². The van der Waals surface area contributed by atoms with Crippen molar-refractivity contribution in [3.8, 4) is 28.8 Å². The van der Waals surface area contributed by atoms with Crippen LogP contribution in [0.5, 0.6) is 11.5 Å². The van der Waals surface area contributed by atoms with Crippen molar-refractivity contribution in [2.45, 2.75) is 38.4 Å². The number of amides is 1. The third-order valence-corrected chi connectivity index (χ3v) is 6.45. The van der Waals surface area contributed by atoms with Crippen LogP contribution in [0.2, 0.25) is 0 Å². The molecule has 3 heterocycles. The molecule has 7 heteroatoms. The van der Waals surface area contributed by atoms with E-state index >= 15 is 0 Å². The number of piperidine rings is 1. The fraction of sp³-hybridized carbons (Fsp3) is 0.346. The van der Waals surface area contributed by atoms with E-state index < -0.39 is 5.60 Å². The Bertz CT molecular complexity index is 1260. The number of fused-ring (bicyclic) bond motifs is 4. The van der Waals surface area contributed by atoms with Crippen LogP contribution in [-0.4, -0.2) is 39.8 Å². The number of ether oxygens (including phenoxy) is 2. The predicted molar refractivity (Wildman–Crippen MR) is 123 cm³/mol. The normalized spacial score (nSPS) is 16.0. The molecule has 0 bridgehead atoms. The zero-order chi connectivity index (χ0) is 23.2. The molecule has 0 saturated carbocycles. The summed E-state index contributed by atoms with van der Waals surface area (Å²) >= 11 is 0. The van der Waals surface area contributed by atoms with Gasteiger partial charge in [-0.25, -0.2) is 0 Å². The monoisotopic (exact) mass is 442 g/mol. The quantitative estimate of drug-likeness (QED) is 0.605. The number of carbonyl (C=O) groups excluding carboxylic acids is 1. The molecule has 168 valence electrons. The molecule has 5 rings (SSSR count). The van der Waals surface area contributed by atoms with E-state index in [2.05, 4.69) is 17.2 Å². The summed E-state index contributed by atoms with van der Waals surface area (Å²) in [4.78, 5) is 15.1. The fourth-order valence-electron chi connectivity index (χ4n) is 4.84. The van der Waals surface area contributed by atoms with E-state index in [-0.39, 0.29) is 12.0 Å². The topological polar surface area (TPSA) is 80.4 Å². The van der Waals surface area contributed by atoms with Crippen LogP contribution >= 0.6 is 0 Å². The first-order chi connectivity index (χ1) is 15.9. The van der Waals surface area contributed by atoms with Crippen molar-refractivity contribution in [2.24, 2.45) is 7.05 Å². The van der Waals surface area contributed by atoms with Crippen molar-refractivity contribution in [3.63, 3.8) is 0 Å². The maximum Gasteiger partial charge on any atom is 0.253 e. The summed E-state index contributed by atoms with van der Waals surface area (Å²) in [6, 6.07) is 15.2. The molecule has 33 heavy (non-hydrogen) atoms. The van der Waals surface area contributed by atoms with Gasteiger partial charge < -0.3 is 14.4 Å². The van der Waals surface area contributed by atoms with E-state index in [4.69, 9.17) is 9.47 Å². The Labute approximate surface area is 193 Å². The number of benzene rings is 2. The van der Waals surface area contributed by atoms with Gasteiger partial charge in [-0.05, 0) is 44.2 Å². The molecule has 1 spiro atoms. The van der Waals surface area contributed by atoms with Crippen molar-refractivity contribution in [1.82, 2.24) is 14.7 Å². The van der Waals surface area contributed by atoms with E-state index in [9.17, 15) is 10.1 Å². The van der Waals surface area contributed by atoms with Gasteiger partial charge in [-0.1, -0.05) is 12.1 Å². The molecule has 0 N–H and O–H groups in total. The number of carbonyl (C=O) groups is 1. The summed E-state index contributed by atoms with van der Waals surface area (Å²) in [6.45, 7) is 4.93. The molecule has 3 aromatic rings. The third-order valence-electron chi connectivity index (χ3n) is 6.45. The van der Waals surface area contributed by atoms with Crippen LogP contribution in [-0.2, 0) is 12.6 Å². The Balaban J connectivity index is 1.38. The number of aromatic nitrogens is 2. The lowest BCUT2D eigenvalue weighted by atomic mass is 9.81. The van der Waals surface area contributed by atoms with Crippen molar-refractivity contribution >= 4 is 5.91 Å². The molecule has 1 amide bonds. The first kappa shape index (κ1) is 21.1. The van der Waals surface area contributed by atoms with Crippen LogP contribution in [0.4, 0.5) is 0 Å². The van der Waals surface area contributed by atoms with E-state index in [1.54, 1.807) is 18.2 Å². The first-order valence-corrected chi connectivity index (χ1v) is 11.2. The highest BCUT2D eigenvalue weighted by Gasteiger charge is 2.45. The van der Waals surface area contributed by atoms with Crippen LogP contribution in [0.15, 0.2) is 48.7 Å². The van der Waals surface area contributed by atoms with Gasteiger partial charge in [0.2, 0.25) is 0 Å². The van der Waals surface area contributed by atoms with Crippen LogP contribution in [0.25, 0.3) is 11.3 Å².